The highest BCUT2D eigenvalue weighted by Crippen LogP contribution is 2.21. The molecule has 0 fully saturated rings. The monoisotopic (exact) mass is 468 g/mol. The van der Waals surface area contributed by atoms with E-state index in [4.69, 9.17) is 5.73 Å². The Morgan fingerprint density at radius 2 is 2.06 bits per heavy atom. The first-order valence-corrected chi connectivity index (χ1v) is 10.9. The predicted octanol–water partition coefficient (Wildman–Crippen LogP) is 2.66. The summed E-state index contributed by atoms with van der Waals surface area (Å²) in [5.41, 5.74) is 7.68. The third-order valence-electron chi connectivity index (χ3n) is 4.80. The minimum absolute atomic E-state index is 0.0500. The number of aromatic nitrogens is 4. The van der Waals surface area contributed by atoms with E-state index in [0.29, 0.717) is 47.5 Å². The van der Waals surface area contributed by atoms with Crippen LogP contribution < -0.4 is 27.2 Å². The number of rotatable bonds is 8. The van der Waals surface area contributed by atoms with Crippen molar-refractivity contribution >= 4 is 40.4 Å². The van der Waals surface area contributed by atoms with Gasteiger partial charge >= 0.3 is 6.03 Å². The maximum atomic E-state index is 14.5. The number of benzene rings is 2. The van der Waals surface area contributed by atoms with E-state index >= 15 is 0 Å². The molecule has 0 unspecified atom stereocenters. The van der Waals surface area contributed by atoms with Crippen molar-refractivity contribution in [1.82, 2.24) is 24.0 Å². The lowest BCUT2D eigenvalue weighted by Gasteiger charge is -2.09. The van der Waals surface area contributed by atoms with Gasteiger partial charge in [0.15, 0.2) is 0 Å². The molecule has 33 heavy (non-hydrogen) atoms. The van der Waals surface area contributed by atoms with Gasteiger partial charge in [-0.2, -0.15) is 8.75 Å². The number of carbonyl (C=O) groups excluding carboxylic acids is 1. The van der Waals surface area contributed by atoms with Crippen molar-refractivity contribution in [3.05, 3.63) is 64.3 Å². The number of anilines is 2. The molecule has 0 radical (unpaired) electrons. The fraction of sp³-hybridized carbons (Fsp3) is 0.190. The van der Waals surface area contributed by atoms with Gasteiger partial charge < -0.3 is 16.4 Å². The number of urea groups is 1. The van der Waals surface area contributed by atoms with Crippen LogP contribution >= 0.6 is 11.7 Å². The molecule has 10 nitrogen and oxygen atoms in total. The van der Waals surface area contributed by atoms with Gasteiger partial charge in [0, 0.05) is 18.3 Å². The van der Waals surface area contributed by atoms with Gasteiger partial charge in [0.1, 0.15) is 16.9 Å². The molecule has 2 aromatic heterocycles. The third-order valence-corrected chi connectivity index (χ3v) is 5.35. The third kappa shape index (κ3) is 5.37. The molecule has 4 aromatic rings. The Labute approximate surface area is 191 Å². The number of hydrogen-bond donors (Lipinski definition) is 5. The van der Waals surface area contributed by atoms with Crippen LogP contribution in [0, 0.1) is 5.82 Å². The summed E-state index contributed by atoms with van der Waals surface area (Å²) >= 11 is 1.04. The smallest absolute Gasteiger partial charge is 0.326 e. The minimum atomic E-state index is -0.607. The lowest BCUT2D eigenvalue weighted by atomic mass is 10.1. The molecule has 6 N–H and O–H groups in total. The molecule has 0 saturated heterocycles. The number of nitrogens with one attached hydrogen (secondary N) is 4. The van der Waals surface area contributed by atoms with E-state index in [1.54, 1.807) is 30.3 Å². The lowest BCUT2D eigenvalue weighted by Crippen LogP contribution is -2.23. The van der Waals surface area contributed by atoms with Crippen molar-refractivity contribution in [2.45, 2.75) is 13.0 Å². The van der Waals surface area contributed by atoms with Crippen molar-refractivity contribution in [2.75, 3.05) is 23.7 Å². The van der Waals surface area contributed by atoms with Crippen LogP contribution in [0.1, 0.15) is 12.0 Å². The van der Waals surface area contributed by atoms with E-state index in [2.05, 4.69) is 34.7 Å². The van der Waals surface area contributed by atoms with Crippen LogP contribution in [0.4, 0.5) is 20.8 Å². The summed E-state index contributed by atoms with van der Waals surface area (Å²) < 4.78 is 22.7. The number of nitrogens with zero attached hydrogens (tertiary/aromatic N) is 3. The van der Waals surface area contributed by atoms with E-state index in [1.807, 2.05) is 0 Å². The van der Waals surface area contributed by atoms with Gasteiger partial charge in [-0.25, -0.2) is 14.2 Å². The highest BCUT2D eigenvalue weighted by atomic mass is 32.1. The second-order valence-electron chi connectivity index (χ2n) is 7.12. The number of halogens is 1. The summed E-state index contributed by atoms with van der Waals surface area (Å²) in [4.78, 5) is 31.4. The first-order chi connectivity index (χ1) is 16.0. The number of nitrogens with two attached hydrogens (primary N) is 1. The van der Waals surface area contributed by atoms with Crippen LogP contribution in [-0.4, -0.2) is 37.8 Å². The molecule has 2 aromatic carbocycles. The van der Waals surface area contributed by atoms with E-state index in [1.165, 1.54) is 12.3 Å². The van der Waals surface area contributed by atoms with Gasteiger partial charge in [0.05, 0.1) is 23.0 Å². The van der Waals surface area contributed by atoms with Gasteiger partial charge in [-0.05, 0) is 43.3 Å². The number of aromatic amines is 1. The molecule has 0 bridgehead atoms. The van der Waals surface area contributed by atoms with Crippen LogP contribution in [0.25, 0.3) is 22.2 Å². The predicted molar refractivity (Wildman–Crippen MR) is 126 cm³/mol. The number of H-pyrrole nitrogens is 1. The van der Waals surface area contributed by atoms with Crippen molar-refractivity contribution < 1.29 is 9.18 Å². The number of fused-ring (bicyclic) bond motifs is 1. The molecule has 0 aliphatic rings. The fourth-order valence-electron chi connectivity index (χ4n) is 3.14. The van der Waals surface area contributed by atoms with Gasteiger partial charge in [0.25, 0.3) is 5.56 Å². The molecular formula is C21H21FN8O2S. The van der Waals surface area contributed by atoms with E-state index in [-0.39, 0.29) is 11.5 Å². The molecular weight excluding hydrogens is 447 g/mol. The second kappa shape index (κ2) is 10.3. The van der Waals surface area contributed by atoms with E-state index < -0.39 is 17.4 Å². The van der Waals surface area contributed by atoms with Gasteiger partial charge in [0.2, 0.25) is 5.95 Å². The topological polar surface area (TPSA) is 151 Å². The number of carbonyl (C=O) groups is 1. The molecule has 2 heterocycles. The van der Waals surface area contributed by atoms with Crippen LogP contribution in [0.3, 0.4) is 0 Å². The summed E-state index contributed by atoms with van der Waals surface area (Å²) in [7, 11) is 0. The zero-order chi connectivity index (χ0) is 23.2. The Bertz CT molecular complexity index is 1340. The molecule has 0 aliphatic heterocycles. The second-order valence-corrected chi connectivity index (χ2v) is 7.64. The summed E-state index contributed by atoms with van der Waals surface area (Å²) in [6.45, 7) is 1.62. The minimum Gasteiger partial charge on any atom is -0.330 e. The molecule has 4 rings (SSSR count). The highest BCUT2D eigenvalue weighted by Gasteiger charge is 2.12. The molecule has 0 saturated carbocycles. The average molecular weight is 469 g/mol. The highest BCUT2D eigenvalue weighted by molar-refractivity contribution is 7.00. The molecule has 0 atom stereocenters. The molecule has 0 spiro atoms. The van der Waals surface area contributed by atoms with Crippen LogP contribution in [0.5, 0.6) is 0 Å². The van der Waals surface area contributed by atoms with Gasteiger partial charge in [-0.1, -0.05) is 18.2 Å². The quantitative estimate of drug-likeness (QED) is 0.249. The standard InChI is InChI=1S/C21H21FN8O2S/c22-15-9-12(5-6-13(15)10-24-8-2-7-23)14-11-25-20(27-19(14)31)28-21(32)26-16-3-1-4-17-18(16)30-33-29-17/h1,3-6,9,11,24H,2,7-8,10,23H2,(H3,25,26,27,28,31,32). The Morgan fingerprint density at radius 3 is 2.85 bits per heavy atom. The maximum absolute atomic E-state index is 14.5. The Kier molecular flexibility index (Phi) is 6.98. The fourth-order valence-corrected chi connectivity index (χ4v) is 3.69. The zero-order valence-electron chi connectivity index (χ0n) is 17.4. The first-order valence-electron chi connectivity index (χ1n) is 10.1. The summed E-state index contributed by atoms with van der Waals surface area (Å²) in [6.07, 6.45) is 2.09. The zero-order valence-corrected chi connectivity index (χ0v) is 18.2. The summed E-state index contributed by atoms with van der Waals surface area (Å²) in [5.74, 6) is -0.481. The Balaban J connectivity index is 1.43. The average Bonchev–Trinajstić information content (AvgIpc) is 3.28. The molecule has 12 heteroatoms. The molecule has 0 aliphatic carbocycles. The van der Waals surface area contributed by atoms with E-state index in [9.17, 15) is 14.0 Å². The molecule has 170 valence electrons. The van der Waals surface area contributed by atoms with Gasteiger partial charge in [-0.3, -0.25) is 15.1 Å². The summed E-state index contributed by atoms with van der Waals surface area (Å²) in [6, 6.07) is 9.17. The molecule has 2 amide bonds. The number of amides is 2. The van der Waals surface area contributed by atoms with Gasteiger partial charge in [-0.15, -0.1) is 0 Å². The van der Waals surface area contributed by atoms with Crippen LogP contribution in [0.15, 0.2) is 47.4 Å². The Hall–Kier alpha value is -3.74. The van der Waals surface area contributed by atoms with Crippen LogP contribution in [0.2, 0.25) is 0 Å². The van der Waals surface area contributed by atoms with E-state index in [0.717, 1.165) is 18.1 Å². The lowest BCUT2D eigenvalue weighted by molar-refractivity contribution is 0.262. The first kappa shape index (κ1) is 22.5. The van der Waals surface area contributed by atoms with Crippen LogP contribution in [-0.2, 0) is 6.54 Å². The Morgan fingerprint density at radius 1 is 1.18 bits per heavy atom. The van der Waals surface area contributed by atoms with Crippen molar-refractivity contribution in [1.29, 1.82) is 0 Å². The largest absolute Gasteiger partial charge is 0.330 e. The number of hydrogen-bond acceptors (Lipinski definition) is 8. The van der Waals surface area contributed by atoms with Crippen molar-refractivity contribution in [3.8, 4) is 11.1 Å². The SMILES string of the molecule is NCCCNCc1ccc(-c2cnc(NC(=O)Nc3cccc4nsnc34)[nH]c2=O)cc1F. The summed E-state index contributed by atoms with van der Waals surface area (Å²) in [5, 5.41) is 8.23. The van der Waals surface area contributed by atoms with Crippen molar-refractivity contribution in [2.24, 2.45) is 5.73 Å². The maximum Gasteiger partial charge on any atom is 0.326 e. The normalized spacial score (nSPS) is 11.0. The van der Waals surface area contributed by atoms with Crippen molar-refractivity contribution in [3.63, 3.8) is 0 Å².